The average molecular weight is 280 g/mol. The van der Waals surface area contributed by atoms with Gasteiger partial charge in [0, 0.05) is 18.9 Å². The Morgan fingerprint density at radius 3 is 2.76 bits per heavy atom. The van der Waals surface area contributed by atoms with Crippen LogP contribution in [0, 0.1) is 0 Å². The molecule has 0 amide bonds. The Kier molecular flexibility index (Phi) is 10.9. The minimum absolute atomic E-state index is 0.306. The van der Waals surface area contributed by atoms with Crippen LogP contribution >= 0.6 is 18.7 Å². The van der Waals surface area contributed by atoms with Gasteiger partial charge in [0.1, 0.15) is 13.4 Å². The molecule has 2 atom stereocenters. The summed E-state index contributed by atoms with van der Waals surface area (Å²) in [6.07, 6.45) is 0. The summed E-state index contributed by atoms with van der Waals surface area (Å²) in [5.74, 6) is 2.23. The molecule has 0 aliphatic rings. The van der Waals surface area contributed by atoms with Gasteiger partial charge in [-0.2, -0.15) is 0 Å². The SMILES string of the molecule is CCOC(=O)[C@H](C)N=C[P@](OCC)SCCN. The van der Waals surface area contributed by atoms with Crippen molar-refractivity contribution in [3.8, 4) is 0 Å². The molecule has 5 nitrogen and oxygen atoms in total. The first-order chi connectivity index (χ1) is 8.15. The Morgan fingerprint density at radius 1 is 1.53 bits per heavy atom. The second kappa shape index (κ2) is 11.0. The van der Waals surface area contributed by atoms with Crippen LogP contribution in [0.15, 0.2) is 4.99 Å². The molecule has 0 unspecified atom stereocenters. The third-order valence-electron chi connectivity index (χ3n) is 1.60. The van der Waals surface area contributed by atoms with Crippen LogP contribution in [-0.4, -0.2) is 43.5 Å². The van der Waals surface area contributed by atoms with Crippen molar-refractivity contribution in [2.24, 2.45) is 10.7 Å². The van der Waals surface area contributed by atoms with E-state index < -0.39 is 13.4 Å². The van der Waals surface area contributed by atoms with Crippen LogP contribution in [0.1, 0.15) is 20.8 Å². The van der Waals surface area contributed by atoms with Gasteiger partial charge >= 0.3 is 5.97 Å². The highest BCUT2D eigenvalue weighted by Crippen LogP contribution is 2.47. The molecule has 17 heavy (non-hydrogen) atoms. The highest BCUT2D eigenvalue weighted by atomic mass is 32.7. The van der Waals surface area contributed by atoms with Gasteiger partial charge in [-0.25, -0.2) is 4.79 Å². The van der Waals surface area contributed by atoms with Gasteiger partial charge in [0.2, 0.25) is 0 Å². The smallest absolute Gasteiger partial charge is 0.330 e. The third-order valence-corrected chi connectivity index (χ3v) is 5.02. The van der Waals surface area contributed by atoms with E-state index in [9.17, 15) is 4.79 Å². The molecule has 0 aliphatic carbocycles. The van der Waals surface area contributed by atoms with Gasteiger partial charge < -0.3 is 15.0 Å². The van der Waals surface area contributed by atoms with E-state index in [0.29, 0.717) is 19.8 Å². The van der Waals surface area contributed by atoms with Crippen LogP contribution in [0.25, 0.3) is 0 Å². The van der Waals surface area contributed by atoms with E-state index in [0.717, 1.165) is 5.75 Å². The minimum Gasteiger partial charge on any atom is -0.464 e. The molecular formula is C10H21N2O3PS. The number of carbonyl (C=O) groups excluding carboxylic acids is 1. The zero-order valence-electron chi connectivity index (χ0n) is 10.6. The first-order valence-electron chi connectivity index (χ1n) is 5.60. The second-order valence-corrected chi connectivity index (χ2v) is 6.60. The van der Waals surface area contributed by atoms with Gasteiger partial charge in [0.05, 0.1) is 12.6 Å². The predicted molar refractivity (Wildman–Crippen MR) is 74.6 cm³/mol. The molecule has 0 spiro atoms. The summed E-state index contributed by atoms with van der Waals surface area (Å²) in [6, 6.07) is -0.473. The van der Waals surface area contributed by atoms with Gasteiger partial charge in [0.15, 0.2) is 0 Å². The number of hydrogen-bond donors (Lipinski definition) is 1. The van der Waals surface area contributed by atoms with Crippen molar-refractivity contribution in [1.82, 2.24) is 0 Å². The number of aliphatic imine (C=N–C) groups is 1. The molecular weight excluding hydrogens is 259 g/mol. The van der Waals surface area contributed by atoms with Crippen molar-refractivity contribution in [2.75, 3.05) is 25.5 Å². The van der Waals surface area contributed by atoms with Crippen molar-refractivity contribution in [3.63, 3.8) is 0 Å². The van der Waals surface area contributed by atoms with Gasteiger partial charge in [-0.3, -0.25) is 4.99 Å². The third kappa shape index (κ3) is 8.55. The van der Waals surface area contributed by atoms with Crippen molar-refractivity contribution in [3.05, 3.63) is 0 Å². The number of ether oxygens (including phenoxy) is 1. The van der Waals surface area contributed by atoms with Crippen molar-refractivity contribution in [2.45, 2.75) is 26.8 Å². The lowest BCUT2D eigenvalue weighted by atomic mass is 10.4. The average Bonchev–Trinajstić information content (AvgIpc) is 2.32. The maximum absolute atomic E-state index is 11.3. The number of rotatable bonds is 9. The van der Waals surface area contributed by atoms with Crippen LogP contribution < -0.4 is 5.73 Å². The Hall–Kier alpha value is -0.160. The first-order valence-corrected chi connectivity index (χ1v) is 8.52. The van der Waals surface area contributed by atoms with Crippen LogP contribution in [0.3, 0.4) is 0 Å². The van der Waals surface area contributed by atoms with E-state index in [-0.39, 0.29) is 5.97 Å². The Morgan fingerprint density at radius 2 is 2.24 bits per heavy atom. The summed E-state index contributed by atoms with van der Waals surface area (Å²) >= 11 is 1.63. The molecule has 0 aromatic carbocycles. The van der Waals surface area contributed by atoms with E-state index in [2.05, 4.69) is 4.99 Å². The standard InChI is InChI=1S/C10H21N2O3PS/c1-4-14-10(13)9(3)12-8-16(15-5-2)17-7-6-11/h8-9H,4-7,11H2,1-3H3/t9-,16+/m0/s1. The maximum atomic E-state index is 11.3. The highest BCUT2D eigenvalue weighted by molar-refractivity contribution is 8.58. The number of nitrogens with two attached hydrogens (primary N) is 1. The summed E-state index contributed by atoms with van der Waals surface area (Å²) in [7, 11) is -0.796. The monoisotopic (exact) mass is 280 g/mol. The number of hydrogen-bond acceptors (Lipinski definition) is 6. The number of esters is 1. The van der Waals surface area contributed by atoms with Crippen LogP contribution in [0.4, 0.5) is 0 Å². The molecule has 2 N–H and O–H groups in total. The molecule has 100 valence electrons. The first kappa shape index (κ1) is 16.8. The maximum Gasteiger partial charge on any atom is 0.330 e. The van der Waals surface area contributed by atoms with E-state index >= 15 is 0 Å². The molecule has 0 radical (unpaired) electrons. The fourth-order valence-corrected chi connectivity index (χ4v) is 3.67. The minimum atomic E-state index is -0.796. The Bertz CT molecular complexity index is 242. The molecule has 7 heteroatoms. The predicted octanol–water partition coefficient (Wildman–Crippen LogP) is 2.01. The van der Waals surface area contributed by atoms with Crippen molar-refractivity contribution >= 4 is 30.7 Å². The zero-order chi connectivity index (χ0) is 13.1. The molecule has 0 bridgehead atoms. The van der Waals surface area contributed by atoms with Crippen LogP contribution in [-0.2, 0) is 14.1 Å². The lowest BCUT2D eigenvalue weighted by Crippen LogP contribution is -2.17. The quantitative estimate of drug-likeness (QED) is 0.397. The largest absolute Gasteiger partial charge is 0.464 e. The lowest BCUT2D eigenvalue weighted by molar-refractivity contribution is -0.144. The Labute approximate surface area is 108 Å². The van der Waals surface area contributed by atoms with Crippen molar-refractivity contribution < 1.29 is 14.1 Å². The lowest BCUT2D eigenvalue weighted by Gasteiger charge is -2.11. The molecule has 0 rings (SSSR count). The van der Waals surface area contributed by atoms with E-state index in [1.54, 1.807) is 31.2 Å². The molecule has 0 saturated carbocycles. The van der Waals surface area contributed by atoms with Gasteiger partial charge in [-0.05, 0) is 20.8 Å². The van der Waals surface area contributed by atoms with Crippen molar-refractivity contribution in [1.29, 1.82) is 0 Å². The fraction of sp³-hybridized carbons (Fsp3) is 0.800. The van der Waals surface area contributed by atoms with Gasteiger partial charge in [0.25, 0.3) is 0 Å². The summed E-state index contributed by atoms with van der Waals surface area (Å²) < 4.78 is 10.4. The molecule has 0 aromatic rings. The molecule has 0 heterocycles. The zero-order valence-corrected chi connectivity index (χ0v) is 12.3. The normalized spacial score (nSPS) is 14.8. The summed E-state index contributed by atoms with van der Waals surface area (Å²) in [5, 5.41) is 0. The highest BCUT2D eigenvalue weighted by Gasteiger charge is 2.13. The summed E-state index contributed by atoms with van der Waals surface area (Å²) in [6.45, 7) is 7.03. The molecule has 0 fully saturated rings. The van der Waals surface area contributed by atoms with E-state index in [1.165, 1.54) is 0 Å². The molecule has 0 aliphatic heterocycles. The van der Waals surface area contributed by atoms with Crippen LogP contribution in [0.5, 0.6) is 0 Å². The van der Waals surface area contributed by atoms with E-state index in [1.807, 2.05) is 6.92 Å². The van der Waals surface area contributed by atoms with E-state index in [4.69, 9.17) is 15.0 Å². The van der Waals surface area contributed by atoms with Gasteiger partial charge in [-0.15, -0.1) is 0 Å². The molecule has 0 aromatic heterocycles. The molecule has 0 saturated heterocycles. The second-order valence-electron chi connectivity index (χ2n) is 3.02. The topological polar surface area (TPSA) is 73.9 Å². The fourth-order valence-electron chi connectivity index (χ4n) is 0.852. The number of carbonyl (C=O) groups is 1. The Balaban J connectivity index is 4.16. The van der Waals surface area contributed by atoms with Crippen LogP contribution in [0.2, 0.25) is 0 Å². The summed E-state index contributed by atoms with van der Waals surface area (Å²) in [5.41, 5.74) is 5.43. The van der Waals surface area contributed by atoms with Gasteiger partial charge in [-0.1, -0.05) is 11.4 Å². The summed E-state index contributed by atoms with van der Waals surface area (Å²) in [4.78, 5) is 15.5. The number of nitrogens with zero attached hydrogens (tertiary/aromatic N) is 1.